The van der Waals surface area contributed by atoms with Gasteiger partial charge in [0.05, 0.1) is 6.10 Å². The Labute approximate surface area is 104 Å². The summed E-state index contributed by atoms with van der Waals surface area (Å²) in [6.45, 7) is 2.18. The van der Waals surface area contributed by atoms with E-state index in [1.165, 1.54) is 51.5 Å². The largest absolute Gasteiger partial charge is 0.378 e. The number of nitrogens with one attached hydrogen (secondary N) is 1. The highest BCUT2D eigenvalue weighted by Gasteiger charge is 2.23. The lowest BCUT2D eigenvalue weighted by molar-refractivity contribution is 0.102. The van der Waals surface area contributed by atoms with Crippen LogP contribution >= 0.6 is 11.8 Å². The highest BCUT2D eigenvalue weighted by molar-refractivity contribution is 7.99. The Balaban J connectivity index is 1.48. The summed E-state index contributed by atoms with van der Waals surface area (Å²) in [6.07, 6.45) is 12.1. The van der Waals surface area contributed by atoms with E-state index in [4.69, 9.17) is 4.74 Å². The van der Waals surface area contributed by atoms with E-state index in [1.54, 1.807) is 0 Å². The van der Waals surface area contributed by atoms with Crippen molar-refractivity contribution in [3.8, 4) is 0 Å². The first-order chi connectivity index (χ1) is 7.88. The van der Waals surface area contributed by atoms with Gasteiger partial charge >= 0.3 is 0 Å². The third kappa shape index (κ3) is 3.94. The van der Waals surface area contributed by atoms with Crippen LogP contribution in [0.4, 0.5) is 0 Å². The molecule has 1 aliphatic heterocycles. The molecule has 16 heavy (non-hydrogen) atoms. The average Bonchev–Trinajstić information content (AvgIpc) is 2.95. The summed E-state index contributed by atoms with van der Waals surface area (Å²) >= 11 is 2.04. The Morgan fingerprint density at radius 3 is 2.94 bits per heavy atom. The van der Waals surface area contributed by atoms with Gasteiger partial charge in [0.25, 0.3) is 0 Å². The second kappa shape index (κ2) is 6.87. The highest BCUT2D eigenvalue weighted by atomic mass is 32.2. The Morgan fingerprint density at radius 1 is 1.31 bits per heavy atom. The topological polar surface area (TPSA) is 21.3 Å². The molecule has 0 bridgehead atoms. The van der Waals surface area contributed by atoms with Crippen molar-refractivity contribution in [2.75, 3.05) is 19.4 Å². The molecule has 0 aromatic rings. The molecule has 3 unspecified atom stereocenters. The molecule has 3 heteroatoms. The molecular weight excluding hydrogens is 218 g/mol. The summed E-state index contributed by atoms with van der Waals surface area (Å²) < 4.78 is 5.63. The van der Waals surface area contributed by atoms with Crippen LogP contribution in [0, 0.1) is 0 Å². The molecule has 1 N–H and O–H groups in total. The summed E-state index contributed by atoms with van der Waals surface area (Å²) in [5, 5.41) is 4.61. The maximum Gasteiger partial charge on any atom is 0.0576 e. The molecule has 94 valence electrons. The molecule has 0 aromatic heterocycles. The molecule has 3 atom stereocenters. The van der Waals surface area contributed by atoms with Gasteiger partial charge in [0.2, 0.25) is 0 Å². The molecular formula is C13H25NOS. The fourth-order valence-corrected chi connectivity index (χ4v) is 3.64. The first-order valence-corrected chi connectivity index (χ1v) is 8.05. The van der Waals surface area contributed by atoms with E-state index >= 15 is 0 Å². The molecule has 1 heterocycles. The fourth-order valence-electron chi connectivity index (χ4n) is 2.85. The third-order valence-corrected chi connectivity index (χ3v) is 4.97. The van der Waals surface area contributed by atoms with E-state index in [9.17, 15) is 0 Å². The molecule has 1 saturated carbocycles. The van der Waals surface area contributed by atoms with Crippen LogP contribution in [0.1, 0.15) is 44.9 Å². The number of hydrogen-bond acceptors (Lipinski definition) is 3. The number of ether oxygens (including phenoxy) is 1. The SMILES string of the molecule is CSC1CCC(NCCCC2CCCO2)C1. The molecule has 1 aliphatic carbocycles. The van der Waals surface area contributed by atoms with Crippen molar-refractivity contribution >= 4 is 11.8 Å². The molecule has 0 radical (unpaired) electrons. The van der Waals surface area contributed by atoms with Gasteiger partial charge in [-0.3, -0.25) is 0 Å². The van der Waals surface area contributed by atoms with Crippen LogP contribution in [0.3, 0.4) is 0 Å². The Bertz CT molecular complexity index is 194. The summed E-state index contributed by atoms with van der Waals surface area (Å²) in [5.74, 6) is 0. The molecule has 2 fully saturated rings. The van der Waals surface area contributed by atoms with E-state index < -0.39 is 0 Å². The van der Waals surface area contributed by atoms with Crippen molar-refractivity contribution in [1.82, 2.24) is 5.32 Å². The molecule has 0 amide bonds. The summed E-state index contributed by atoms with van der Waals surface area (Å²) in [4.78, 5) is 0. The first kappa shape index (κ1) is 12.7. The maximum atomic E-state index is 5.63. The van der Waals surface area contributed by atoms with Crippen molar-refractivity contribution in [2.24, 2.45) is 0 Å². The third-order valence-electron chi connectivity index (χ3n) is 3.88. The van der Waals surface area contributed by atoms with E-state index in [0.717, 1.165) is 17.9 Å². The minimum absolute atomic E-state index is 0.573. The molecule has 2 rings (SSSR count). The van der Waals surface area contributed by atoms with Crippen LogP contribution in [0.2, 0.25) is 0 Å². The zero-order valence-electron chi connectivity index (χ0n) is 10.4. The van der Waals surface area contributed by atoms with Gasteiger partial charge in [-0.05, 0) is 57.7 Å². The second-order valence-electron chi connectivity index (χ2n) is 5.10. The zero-order valence-corrected chi connectivity index (χ0v) is 11.2. The Morgan fingerprint density at radius 2 is 2.25 bits per heavy atom. The first-order valence-electron chi connectivity index (χ1n) is 6.76. The van der Waals surface area contributed by atoms with Crippen molar-refractivity contribution in [3.05, 3.63) is 0 Å². The van der Waals surface area contributed by atoms with Gasteiger partial charge in [0.1, 0.15) is 0 Å². The summed E-state index contributed by atoms with van der Waals surface area (Å²) in [7, 11) is 0. The van der Waals surface area contributed by atoms with Crippen molar-refractivity contribution in [2.45, 2.75) is 62.3 Å². The maximum absolute atomic E-state index is 5.63. The van der Waals surface area contributed by atoms with Crippen LogP contribution < -0.4 is 5.32 Å². The van der Waals surface area contributed by atoms with Gasteiger partial charge in [0, 0.05) is 17.9 Å². The minimum atomic E-state index is 0.573. The van der Waals surface area contributed by atoms with Gasteiger partial charge in [-0.1, -0.05) is 0 Å². The quantitative estimate of drug-likeness (QED) is 0.725. The Hall–Kier alpha value is 0.270. The van der Waals surface area contributed by atoms with Crippen LogP contribution in [0.15, 0.2) is 0 Å². The number of hydrogen-bond donors (Lipinski definition) is 1. The van der Waals surface area contributed by atoms with E-state index in [1.807, 2.05) is 11.8 Å². The van der Waals surface area contributed by atoms with Crippen molar-refractivity contribution in [1.29, 1.82) is 0 Å². The summed E-state index contributed by atoms with van der Waals surface area (Å²) in [5.41, 5.74) is 0. The van der Waals surface area contributed by atoms with Gasteiger partial charge in [-0.25, -0.2) is 0 Å². The van der Waals surface area contributed by atoms with Gasteiger partial charge in [-0.15, -0.1) is 0 Å². The predicted molar refractivity (Wildman–Crippen MR) is 71.2 cm³/mol. The van der Waals surface area contributed by atoms with Crippen molar-refractivity contribution in [3.63, 3.8) is 0 Å². The normalized spacial score (nSPS) is 34.7. The zero-order chi connectivity index (χ0) is 11.2. The lowest BCUT2D eigenvalue weighted by Gasteiger charge is -2.14. The molecule has 2 nitrogen and oxygen atoms in total. The average molecular weight is 243 g/mol. The lowest BCUT2D eigenvalue weighted by atomic mass is 10.1. The fraction of sp³-hybridized carbons (Fsp3) is 1.00. The van der Waals surface area contributed by atoms with E-state index in [-0.39, 0.29) is 0 Å². The Kier molecular flexibility index (Phi) is 5.46. The monoisotopic (exact) mass is 243 g/mol. The van der Waals surface area contributed by atoms with Crippen LogP contribution in [0.5, 0.6) is 0 Å². The van der Waals surface area contributed by atoms with Crippen LogP contribution in [-0.4, -0.2) is 36.8 Å². The summed E-state index contributed by atoms with van der Waals surface area (Å²) in [6, 6.07) is 0.793. The van der Waals surface area contributed by atoms with E-state index in [0.29, 0.717) is 6.10 Å². The van der Waals surface area contributed by atoms with Crippen molar-refractivity contribution < 1.29 is 4.74 Å². The van der Waals surface area contributed by atoms with Gasteiger partial charge in [0.15, 0.2) is 0 Å². The minimum Gasteiger partial charge on any atom is -0.378 e. The highest BCUT2D eigenvalue weighted by Crippen LogP contribution is 2.28. The standard InChI is InChI=1S/C13H25NOS/c1-16-13-7-6-11(10-13)14-8-2-4-12-5-3-9-15-12/h11-14H,2-10H2,1H3. The van der Waals surface area contributed by atoms with E-state index in [2.05, 4.69) is 11.6 Å². The molecule has 0 aromatic carbocycles. The van der Waals surface area contributed by atoms with Crippen LogP contribution in [-0.2, 0) is 4.74 Å². The smallest absolute Gasteiger partial charge is 0.0576 e. The molecule has 0 spiro atoms. The van der Waals surface area contributed by atoms with Crippen LogP contribution in [0.25, 0.3) is 0 Å². The van der Waals surface area contributed by atoms with Gasteiger partial charge in [-0.2, -0.15) is 11.8 Å². The lowest BCUT2D eigenvalue weighted by Crippen LogP contribution is -2.28. The number of thioether (sulfide) groups is 1. The second-order valence-corrected chi connectivity index (χ2v) is 6.24. The molecule has 1 saturated heterocycles. The van der Waals surface area contributed by atoms with Gasteiger partial charge < -0.3 is 10.1 Å². The molecule has 2 aliphatic rings. The number of rotatable bonds is 6. The predicted octanol–water partition coefficient (Wildman–Crippen LogP) is 2.82.